The lowest BCUT2D eigenvalue weighted by atomic mass is 9.98. The molecule has 2 fully saturated rings. The number of aromatic nitrogens is 1. The summed E-state index contributed by atoms with van der Waals surface area (Å²) in [6.07, 6.45) is 9.50. The zero-order chi connectivity index (χ0) is 11.0. The Morgan fingerprint density at radius 3 is 2.94 bits per heavy atom. The summed E-state index contributed by atoms with van der Waals surface area (Å²) in [5, 5.41) is 1.85. The molecular weight excluding hydrogens is 222 g/mol. The van der Waals surface area contributed by atoms with E-state index >= 15 is 0 Å². The van der Waals surface area contributed by atoms with Crippen molar-refractivity contribution in [1.29, 1.82) is 0 Å². The average Bonchev–Trinajstić information content (AvgIpc) is 2.96. The van der Waals surface area contributed by atoms with E-state index in [9.17, 15) is 4.79 Å². The largest absolute Gasteiger partial charge is 0.370 e. The molecule has 1 aliphatic heterocycles. The Kier molecular flexibility index (Phi) is 2.64. The summed E-state index contributed by atoms with van der Waals surface area (Å²) in [6, 6.07) is 0. The lowest BCUT2D eigenvalue weighted by Gasteiger charge is -2.23. The van der Waals surface area contributed by atoms with Crippen LogP contribution < -0.4 is 4.87 Å². The molecule has 0 N–H and O–H groups in total. The molecule has 4 heteroatoms. The summed E-state index contributed by atoms with van der Waals surface area (Å²) < 4.78 is 7.96. The first kappa shape index (κ1) is 10.5. The molecule has 1 saturated carbocycles. The topological polar surface area (TPSA) is 31.2 Å². The summed E-state index contributed by atoms with van der Waals surface area (Å²) >= 11 is 1.26. The monoisotopic (exact) mass is 239 g/mol. The van der Waals surface area contributed by atoms with Crippen molar-refractivity contribution in [2.75, 3.05) is 0 Å². The van der Waals surface area contributed by atoms with E-state index in [1.165, 1.54) is 43.4 Å². The van der Waals surface area contributed by atoms with Crippen molar-refractivity contribution in [3.05, 3.63) is 21.2 Å². The van der Waals surface area contributed by atoms with Gasteiger partial charge in [-0.25, -0.2) is 0 Å². The van der Waals surface area contributed by atoms with Crippen LogP contribution in [0.5, 0.6) is 0 Å². The third-order valence-corrected chi connectivity index (χ3v) is 4.59. The van der Waals surface area contributed by atoms with Gasteiger partial charge >= 0.3 is 4.87 Å². The van der Waals surface area contributed by atoms with Crippen LogP contribution in [0.4, 0.5) is 0 Å². The van der Waals surface area contributed by atoms with Crippen LogP contribution in [-0.4, -0.2) is 16.3 Å². The van der Waals surface area contributed by atoms with Gasteiger partial charge in [0.2, 0.25) is 0 Å². The predicted octanol–water partition coefficient (Wildman–Crippen LogP) is 2.40. The molecule has 1 spiro atoms. The third-order valence-electron chi connectivity index (χ3n) is 3.90. The number of thiazole rings is 1. The minimum Gasteiger partial charge on any atom is -0.370 e. The van der Waals surface area contributed by atoms with E-state index < -0.39 is 0 Å². The van der Waals surface area contributed by atoms with E-state index in [1.54, 1.807) is 4.57 Å². The Hall–Kier alpha value is -0.610. The highest BCUT2D eigenvalue weighted by Crippen LogP contribution is 2.43. The third kappa shape index (κ3) is 1.84. The van der Waals surface area contributed by atoms with Gasteiger partial charge in [-0.1, -0.05) is 24.2 Å². The van der Waals surface area contributed by atoms with Gasteiger partial charge in [0.15, 0.2) is 0 Å². The molecule has 1 saturated heterocycles. The maximum absolute atomic E-state index is 11.4. The number of hydrogen-bond donors (Lipinski definition) is 0. The predicted molar refractivity (Wildman–Crippen MR) is 63.9 cm³/mol. The molecule has 1 atom stereocenters. The summed E-state index contributed by atoms with van der Waals surface area (Å²) in [6.45, 7) is 0.740. The van der Waals surface area contributed by atoms with Crippen molar-refractivity contribution in [2.45, 2.75) is 56.8 Å². The van der Waals surface area contributed by atoms with Crippen LogP contribution in [0.2, 0.25) is 0 Å². The maximum Gasteiger partial charge on any atom is 0.307 e. The molecule has 88 valence electrons. The first-order chi connectivity index (χ1) is 7.77. The fourth-order valence-electron chi connectivity index (χ4n) is 3.06. The molecule has 0 aromatic carbocycles. The number of nitrogens with zero attached hydrogens (tertiary/aromatic N) is 1. The van der Waals surface area contributed by atoms with E-state index in [0.717, 1.165) is 13.0 Å². The molecule has 0 bridgehead atoms. The van der Waals surface area contributed by atoms with Crippen molar-refractivity contribution in [2.24, 2.45) is 0 Å². The highest BCUT2D eigenvalue weighted by molar-refractivity contribution is 7.07. The molecule has 3 rings (SSSR count). The molecule has 1 aromatic rings. The summed E-state index contributed by atoms with van der Waals surface area (Å²) in [7, 11) is 0. The van der Waals surface area contributed by atoms with Crippen LogP contribution in [0.1, 0.15) is 38.5 Å². The zero-order valence-corrected chi connectivity index (χ0v) is 10.2. The SMILES string of the molecule is O=c1sccn1CC1CCC2(CCCC2)O1. The van der Waals surface area contributed by atoms with Crippen molar-refractivity contribution < 1.29 is 4.74 Å². The van der Waals surface area contributed by atoms with Crippen LogP contribution in [0.25, 0.3) is 0 Å². The van der Waals surface area contributed by atoms with Gasteiger partial charge in [-0.15, -0.1) is 0 Å². The summed E-state index contributed by atoms with van der Waals surface area (Å²) in [4.78, 5) is 11.6. The van der Waals surface area contributed by atoms with Crippen molar-refractivity contribution in [3.8, 4) is 0 Å². The zero-order valence-electron chi connectivity index (χ0n) is 9.35. The molecule has 3 nitrogen and oxygen atoms in total. The van der Waals surface area contributed by atoms with E-state index in [2.05, 4.69) is 0 Å². The smallest absolute Gasteiger partial charge is 0.307 e. The van der Waals surface area contributed by atoms with E-state index in [-0.39, 0.29) is 16.6 Å². The Bertz CT molecular complexity index is 417. The van der Waals surface area contributed by atoms with E-state index in [4.69, 9.17) is 4.74 Å². The summed E-state index contributed by atoms with van der Waals surface area (Å²) in [5.41, 5.74) is 0.185. The van der Waals surface area contributed by atoms with Crippen LogP contribution >= 0.6 is 11.3 Å². The molecule has 0 radical (unpaired) electrons. The van der Waals surface area contributed by atoms with Gasteiger partial charge in [-0.2, -0.15) is 0 Å². The van der Waals surface area contributed by atoms with Crippen molar-refractivity contribution in [1.82, 2.24) is 4.57 Å². The Morgan fingerprint density at radius 2 is 2.25 bits per heavy atom. The van der Waals surface area contributed by atoms with Crippen LogP contribution in [0, 0.1) is 0 Å². The second kappa shape index (κ2) is 4.00. The molecule has 16 heavy (non-hydrogen) atoms. The molecule has 1 aromatic heterocycles. The van der Waals surface area contributed by atoms with Gasteiger partial charge in [0.05, 0.1) is 18.2 Å². The second-order valence-corrected chi connectivity index (χ2v) is 5.85. The quantitative estimate of drug-likeness (QED) is 0.793. The van der Waals surface area contributed by atoms with Gasteiger partial charge in [0.1, 0.15) is 0 Å². The van der Waals surface area contributed by atoms with Crippen LogP contribution in [-0.2, 0) is 11.3 Å². The fraction of sp³-hybridized carbons (Fsp3) is 0.750. The lowest BCUT2D eigenvalue weighted by Crippen LogP contribution is -2.28. The number of hydrogen-bond acceptors (Lipinski definition) is 3. The minimum atomic E-state index is 0.135. The van der Waals surface area contributed by atoms with E-state index in [0.29, 0.717) is 0 Å². The van der Waals surface area contributed by atoms with E-state index in [1.807, 2.05) is 11.6 Å². The molecule has 1 aliphatic carbocycles. The molecule has 1 unspecified atom stereocenters. The number of ether oxygens (including phenoxy) is 1. The molecular formula is C12H17NO2S. The summed E-state index contributed by atoms with van der Waals surface area (Å²) in [5.74, 6) is 0. The minimum absolute atomic E-state index is 0.135. The van der Waals surface area contributed by atoms with Gasteiger partial charge < -0.3 is 9.30 Å². The highest BCUT2D eigenvalue weighted by Gasteiger charge is 2.42. The molecule has 0 amide bonds. The van der Waals surface area contributed by atoms with Crippen molar-refractivity contribution >= 4 is 11.3 Å². The fourth-order valence-corrected chi connectivity index (χ4v) is 3.65. The standard InChI is InChI=1S/C12H17NO2S/c14-11-13(7-8-16-11)9-10-3-6-12(15-10)4-1-2-5-12/h7-8,10H,1-6,9H2. The number of rotatable bonds is 2. The maximum atomic E-state index is 11.4. The molecule has 2 aliphatic rings. The Morgan fingerprint density at radius 1 is 1.44 bits per heavy atom. The molecule has 2 heterocycles. The van der Waals surface area contributed by atoms with Crippen LogP contribution in [0.3, 0.4) is 0 Å². The first-order valence-electron chi connectivity index (χ1n) is 6.09. The van der Waals surface area contributed by atoms with Crippen LogP contribution in [0.15, 0.2) is 16.4 Å². The van der Waals surface area contributed by atoms with Gasteiger partial charge in [-0.3, -0.25) is 4.79 Å². The second-order valence-electron chi connectivity index (χ2n) is 4.99. The van der Waals surface area contributed by atoms with Gasteiger partial charge in [0.25, 0.3) is 0 Å². The Labute approximate surface area is 99.0 Å². The Balaban J connectivity index is 1.66. The first-order valence-corrected chi connectivity index (χ1v) is 6.97. The lowest BCUT2D eigenvalue weighted by molar-refractivity contribution is -0.0419. The van der Waals surface area contributed by atoms with Gasteiger partial charge in [0, 0.05) is 11.6 Å². The normalized spacial score (nSPS) is 27.9. The highest BCUT2D eigenvalue weighted by atomic mass is 32.1. The average molecular weight is 239 g/mol. The van der Waals surface area contributed by atoms with Gasteiger partial charge in [-0.05, 0) is 25.7 Å². The van der Waals surface area contributed by atoms with Crippen molar-refractivity contribution in [3.63, 3.8) is 0 Å².